The maximum Gasteiger partial charge on any atom is 0.336 e. The van der Waals surface area contributed by atoms with Crippen molar-refractivity contribution in [2.75, 3.05) is 12.3 Å². The number of rotatable bonds is 4. The van der Waals surface area contributed by atoms with Crippen LogP contribution in [0.2, 0.25) is 0 Å². The van der Waals surface area contributed by atoms with Gasteiger partial charge in [-0.2, -0.15) is 0 Å². The van der Waals surface area contributed by atoms with E-state index in [9.17, 15) is 4.79 Å². The van der Waals surface area contributed by atoms with E-state index in [1.165, 1.54) is 6.07 Å². The van der Waals surface area contributed by atoms with Gasteiger partial charge < -0.3 is 15.6 Å². The minimum Gasteiger partial charge on any atom is -0.478 e. The van der Waals surface area contributed by atoms with E-state index < -0.39 is 5.97 Å². The molecule has 0 aromatic heterocycles. The van der Waals surface area contributed by atoms with Crippen molar-refractivity contribution in [3.8, 4) is 0 Å². The number of nitrogens with two attached hydrogens (primary N) is 1. The molecule has 4 nitrogen and oxygen atoms in total. The second kappa shape index (κ2) is 4.62. The smallest absolute Gasteiger partial charge is 0.336 e. The predicted octanol–water partition coefficient (Wildman–Crippen LogP) is 1.50. The first-order chi connectivity index (χ1) is 6.65. The third kappa shape index (κ3) is 2.47. The molecular formula is C10H13NO3. The Morgan fingerprint density at radius 1 is 1.57 bits per heavy atom. The van der Waals surface area contributed by atoms with Crippen molar-refractivity contribution in [1.29, 1.82) is 0 Å². The van der Waals surface area contributed by atoms with Gasteiger partial charge in [-0.25, -0.2) is 4.79 Å². The molecular weight excluding hydrogens is 182 g/mol. The number of nitrogen functional groups attached to an aromatic ring is 1. The van der Waals surface area contributed by atoms with Gasteiger partial charge in [0.2, 0.25) is 0 Å². The van der Waals surface area contributed by atoms with Gasteiger partial charge in [0.15, 0.2) is 0 Å². The van der Waals surface area contributed by atoms with Crippen molar-refractivity contribution in [1.82, 2.24) is 0 Å². The molecule has 4 heteroatoms. The molecule has 0 bridgehead atoms. The molecule has 1 rings (SSSR count). The fourth-order valence-electron chi connectivity index (χ4n) is 1.13. The molecule has 0 aliphatic carbocycles. The van der Waals surface area contributed by atoms with Crippen LogP contribution in [-0.4, -0.2) is 17.7 Å². The van der Waals surface area contributed by atoms with Gasteiger partial charge in [0.1, 0.15) is 0 Å². The number of hydrogen-bond acceptors (Lipinski definition) is 3. The first-order valence-corrected chi connectivity index (χ1v) is 4.34. The Balaban J connectivity index is 2.96. The van der Waals surface area contributed by atoms with Gasteiger partial charge >= 0.3 is 5.97 Å². The van der Waals surface area contributed by atoms with Crippen molar-refractivity contribution in [3.05, 3.63) is 29.3 Å². The fraction of sp³-hybridized carbons (Fsp3) is 0.300. The SMILES string of the molecule is CCOCc1ccc(N)cc1C(=O)O. The summed E-state index contributed by atoms with van der Waals surface area (Å²) in [4.78, 5) is 10.8. The van der Waals surface area contributed by atoms with Crippen LogP contribution in [0.3, 0.4) is 0 Å². The summed E-state index contributed by atoms with van der Waals surface area (Å²) in [5, 5.41) is 8.88. The molecule has 0 aliphatic rings. The van der Waals surface area contributed by atoms with E-state index >= 15 is 0 Å². The summed E-state index contributed by atoms with van der Waals surface area (Å²) < 4.78 is 5.15. The van der Waals surface area contributed by atoms with Crippen LogP contribution < -0.4 is 5.73 Å². The highest BCUT2D eigenvalue weighted by atomic mass is 16.5. The summed E-state index contributed by atoms with van der Waals surface area (Å²) in [7, 11) is 0. The second-order valence-corrected chi connectivity index (χ2v) is 2.86. The third-order valence-corrected chi connectivity index (χ3v) is 1.83. The topological polar surface area (TPSA) is 72.5 Å². The van der Waals surface area contributed by atoms with Gasteiger partial charge in [0.05, 0.1) is 12.2 Å². The number of benzene rings is 1. The van der Waals surface area contributed by atoms with Crippen LogP contribution in [0.25, 0.3) is 0 Å². The van der Waals surface area contributed by atoms with Gasteiger partial charge in [-0.3, -0.25) is 0 Å². The third-order valence-electron chi connectivity index (χ3n) is 1.83. The highest BCUT2D eigenvalue weighted by Gasteiger charge is 2.09. The zero-order chi connectivity index (χ0) is 10.6. The molecule has 76 valence electrons. The Bertz CT molecular complexity index is 336. The Kier molecular flexibility index (Phi) is 3.48. The van der Waals surface area contributed by atoms with Gasteiger partial charge in [-0.15, -0.1) is 0 Å². The molecule has 0 unspecified atom stereocenters. The lowest BCUT2D eigenvalue weighted by molar-refractivity contribution is 0.0689. The first kappa shape index (κ1) is 10.5. The first-order valence-electron chi connectivity index (χ1n) is 4.34. The van der Waals surface area contributed by atoms with Crippen LogP contribution in [0, 0.1) is 0 Å². The monoisotopic (exact) mass is 195 g/mol. The lowest BCUT2D eigenvalue weighted by atomic mass is 10.1. The van der Waals surface area contributed by atoms with Crippen LogP contribution in [0.15, 0.2) is 18.2 Å². The lowest BCUT2D eigenvalue weighted by Gasteiger charge is -2.06. The Morgan fingerprint density at radius 2 is 2.29 bits per heavy atom. The molecule has 1 aromatic rings. The van der Waals surface area contributed by atoms with Crippen molar-refractivity contribution in [2.24, 2.45) is 0 Å². The average Bonchev–Trinajstić information content (AvgIpc) is 2.15. The van der Waals surface area contributed by atoms with Gasteiger partial charge in [-0.05, 0) is 24.6 Å². The summed E-state index contributed by atoms with van der Waals surface area (Å²) in [6, 6.07) is 4.78. The Labute approximate surface area is 82.3 Å². The molecule has 0 fully saturated rings. The molecule has 14 heavy (non-hydrogen) atoms. The number of aromatic carboxylic acids is 1. The van der Waals surface area contributed by atoms with E-state index in [1.54, 1.807) is 12.1 Å². The predicted molar refractivity (Wildman–Crippen MR) is 53.1 cm³/mol. The zero-order valence-electron chi connectivity index (χ0n) is 7.99. The largest absolute Gasteiger partial charge is 0.478 e. The Morgan fingerprint density at radius 3 is 2.86 bits per heavy atom. The summed E-state index contributed by atoms with van der Waals surface area (Å²) in [5.74, 6) is -0.980. The number of carbonyl (C=O) groups is 1. The molecule has 1 aromatic carbocycles. The molecule has 0 amide bonds. The van der Waals surface area contributed by atoms with E-state index in [1.807, 2.05) is 6.92 Å². The van der Waals surface area contributed by atoms with Crippen LogP contribution in [-0.2, 0) is 11.3 Å². The van der Waals surface area contributed by atoms with Crippen LogP contribution in [0.1, 0.15) is 22.8 Å². The average molecular weight is 195 g/mol. The molecule has 0 saturated carbocycles. The summed E-state index contributed by atoms with van der Waals surface area (Å²) in [5.41, 5.74) is 6.79. The number of carboxylic acid groups (broad SMARTS) is 1. The van der Waals surface area contributed by atoms with Crippen LogP contribution in [0.5, 0.6) is 0 Å². The van der Waals surface area contributed by atoms with E-state index in [4.69, 9.17) is 15.6 Å². The maximum absolute atomic E-state index is 10.8. The maximum atomic E-state index is 10.8. The normalized spacial score (nSPS) is 10.1. The quantitative estimate of drug-likeness (QED) is 0.714. The molecule has 0 heterocycles. The van der Waals surface area contributed by atoms with E-state index in [-0.39, 0.29) is 5.56 Å². The summed E-state index contributed by atoms with van der Waals surface area (Å²) in [6.07, 6.45) is 0. The molecule has 0 atom stereocenters. The van der Waals surface area contributed by atoms with Crippen LogP contribution >= 0.6 is 0 Å². The molecule has 0 aliphatic heterocycles. The van der Waals surface area contributed by atoms with Gasteiger partial charge in [0, 0.05) is 12.3 Å². The molecule has 0 saturated heterocycles. The number of ether oxygens (including phenoxy) is 1. The van der Waals surface area contributed by atoms with E-state index in [0.717, 1.165) is 0 Å². The van der Waals surface area contributed by atoms with E-state index in [2.05, 4.69) is 0 Å². The number of anilines is 1. The molecule has 0 spiro atoms. The number of carboxylic acids is 1. The van der Waals surface area contributed by atoms with Crippen molar-refractivity contribution < 1.29 is 14.6 Å². The standard InChI is InChI=1S/C10H13NO3/c1-2-14-6-7-3-4-8(11)5-9(7)10(12)13/h3-5H,2,6,11H2,1H3,(H,12,13). The van der Waals surface area contributed by atoms with Crippen molar-refractivity contribution in [3.63, 3.8) is 0 Å². The fourth-order valence-corrected chi connectivity index (χ4v) is 1.13. The summed E-state index contributed by atoms with van der Waals surface area (Å²) in [6.45, 7) is 2.72. The number of hydrogen-bond donors (Lipinski definition) is 2. The highest BCUT2D eigenvalue weighted by Crippen LogP contribution is 2.14. The van der Waals surface area contributed by atoms with Crippen LogP contribution in [0.4, 0.5) is 5.69 Å². The van der Waals surface area contributed by atoms with Crippen molar-refractivity contribution >= 4 is 11.7 Å². The summed E-state index contributed by atoms with van der Waals surface area (Å²) >= 11 is 0. The minimum atomic E-state index is -0.980. The molecule has 0 radical (unpaired) electrons. The van der Waals surface area contributed by atoms with Gasteiger partial charge in [-0.1, -0.05) is 6.07 Å². The minimum absolute atomic E-state index is 0.207. The van der Waals surface area contributed by atoms with Crippen molar-refractivity contribution in [2.45, 2.75) is 13.5 Å². The zero-order valence-corrected chi connectivity index (χ0v) is 7.99. The highest BCUT2D eigenvalue weighted by molar-refractivity contribution is 5.90. The molecule has 3 N–H and O–H groups in total. The second-order valence-electron chi connectivity index (χ2n) is 2.86. The van der Waals surface area contributed by atoms with Gasteiger partial charge in [0.25, 0.3) is 0 Å². The van der Waals surface area contributed by atoms with E-state index in [0.29, 0.717) is 24.5 Å². The Hall–Kier alpha value is -1.55. The lowest BCUT2D eigenvalue weighted by Crippen LogP contribution is -2.05.